The van der Waals surface area contributed by atoms with E-state index in [4.69, 9.17) is 9.47 Å². The number of fused-ring (bicyclic) bond motifs is 1. The maximum atomic E-state index is 13.9. The minimum atomic E-state index is -3.02. The number of benzene rings is 1. The average Bonchev–Trinajstić information content (AvgIpc) is 3.65. The van der Waals surface area contributed by atoms with Crippen molar-refractivity contribution in [3.8, 4) is 11.4 Å². The first-order chi connectivity index (χ1) is 21.9. The van der Waals surface area contributed by atoms with Gasteiger partial charge in [-0.3, -0.25) is 23.4 Å². The molecule has 0 bridgehead atoms. The van der Waals surface area contributed by atoms with Gasteiger partial charge in [0.2, 0.25) is 6.29 Å². The van der Waals surface area contributed by atoms with Crippen molar-refractivity contribution in [1.29, 1.82) is 0 Å². The smallest absolute Gasteiger partial charge is 0.423 e. The summed E-state index contributed by atoms with van der Waals surface area (Å²) >= 11 is 0. The van der Waals surface area contributed by atoms with E-state index in [1.54, 1.807) is 19.2 Å². The summed E-state index contributed by atoms with van der Waals surface area (Å²) in [5.74, 6) is -3.77. The van der Waals surface area contributed by atoms with Gasteiger partial charge in [0.05, 0.1) is 24.2 Å². The highest BCUT2D eigenvalue weighted by molar-refractivity contribution is 5.90. The van der Waals surface area contributed by atoms with Gasteiger partial charge in [-0.2, -0.15) is 5.10 Å². The number of aryl methyl sites for hydroxylation is 1. The molecule has 14 heteroatoms. The van der Waals surface area contributed by atoms with Crippen LogP contribution in [-0.2, 0) is 39.8 Å². The van der Waals surface area contributed by atoms with Crippen LogP contribution in [0, 0.1) is 5.92 Å². The van der Waals surface area contributed by atoms with E-state index in [1.165, 1.54) is 40.6 Å². The number of hydrogen-bond donors (Lipinski definition) is 0. The average molecular weight is 641 g/mol. The van der Waals surface area contributed by atoms with Crippen molar-refractivity contribution in [3.63, 3.8) is 0 Å². The number of carbonyl (C=O) groups excluding carboxylic acids is 2. The Labute approximate surface area is 263 Å². The van der Waals surface area contributed by atoms with Gasteiger partial charge < -0.3 is 9.47 Å². The molecule has 3 heterocycles. The van der Waals surface area contributed by atoms with Crippen LogP contribution in [0.15, 0.2) is 46.2 Å². The topological polar surface area (TPSA) is 132 Å². The number of nitrogens with zero attached hydrogens (tertiary/aromatic N) is 6. The molecule has 1 fully saturated rings. The van der Waals surface area contributed by atoms with Crippen molar-refractivity contribution < 1.29 is 27.8 Å². The Morgan fingerprint density at radius 1 is 1.09 bits per heavy atom. The molecule has 12 nitrogen and oxygen atoms in total. The summed E-state index contributed by atoms with van der Waals surface area (Å²) in [6.45, 7) is 6.19. The molecular formula is C32H38F2N6O6. The zero-order chi connectivity index (χ0) is 33.2. The highest BCUT2D eigenvalue weighted by Crippen LogP contribution is 2.29. The number of carbonyl (C=O) groups is 2. The first-order valence-electron chi connectivity index (χ1n) is 15.6. The Morgan fingerprint density at radius 3 is 2.50 bits per heavy atom. The fourth-order valence-corrected chi connectivity index (χ4v) is 5.83. The highest BCUT2D eigenvalue weighted by atomic mass is 19.3. The molecule has 0 saturated heterocycles. The van der Waals surface area contributed by atoms with E-state index >= 15 is 0 Å². The SMILES string of the molecule is CCCn1c(=O)c2c(nc(-c3cnn(Cc4cccc(C(C)(F)F)c4)c3)n2C(=O)OC(C)OC(=O)C2CCCCC2)n(CC)c1=O. The maximum absolute atomic E-state index is 13.9. The lowest BCUT2D eigenvalue weighted by molar-refractivity contribution is -0.170. The molecule has 1 aliphatic rings. The van der Waals surface area contributed by atoms with Crippen LogP contribution >= 0.6 is 0 Å². The van der Waals surface area contributed by atoms with Gasteiger partial charge in [-0.25, -0.2) is 27.9 Å². The van der Waals surface area contributed by atoms with Crippen molar-refractivity contribution in [2.24, 2.45) is 5.92 Å². The van der Waals surface area contributed by atoms with Crippen LogP contribution in [0.25, 0.3) is 22.6 Å². The van der Waals surface area contributed by atoms with Crippen LogP contribution in [-0.4, -0.2) is 46.8 Å². The molecule has 0 spiro atoms. The van der Waals surface area contributed by atoms with E-state index in [-0.39, 0.29) is 48.1 Å². The zero-order valence-electron chi connectivity index (χ0n) is 26.4. The summed E-state index contributed by atoms with van der Waals surface area (Å²) in [6.07, 6.45) is 5.46. The number of aromatic nitrogens is 6. The number of halogens is 2. The van der Waals surface area contributed by atoms with Crippen LogP contribution < -0.4 is 11.2 Å². The van der Waals surface area contributed by atoms with Gasteiger partial charge in [-0.1, -0.05) is 44.4 Å². The summed E-state index contributed by atoms with van der Waals surface area (Å²) in [5.41, 5.74) is -0.754. The Balaban J connectivity index is 1.55. The minimum Gasteiger partial charge on any atom is -0.425 e. The Bertz CT molecular complexity index is 1860. The van der Waals surface area contributed by atoms with Gasteiger partial charge in [0.1, 0.15) is 0 Å². The van der Waals surface area contributed by atoms with Crippen molar-refractivity contribution >= 4 is 23.2 Å². The van der Waals surface area contributed by atoms with E-state index in [0.717, 1.165) is 35.3 Å². The molecule has 1 aliphatic carbocycles. The Kier molecular flexibility index (Phi) is 9.54. The fourth-order valence-electron chi connectivity index (χ4n) is 5.83. The van der Waals surface area contributed by atoms with E-state index in [2.05, 4.69) is 10.1 Å². The largest absolute Gasteiger partial charge is 0.425 e. The first-order valence-corrected chi connectivity index (χ1v) is 15.6. The van der Waals surface area contributed by atoms with Gasteiger partial charge in [-0.15, -0.1) is 0 Å². The Hall–Kier alpha value is -4.62. The van der Waals surface area contributed by atoms with E-state index in [1.807, 2.05) is 6.92 Å². The number of esters is 1. The molecule has 46 heavy (non-hydrogen) atoms. The molecule has 3 aromatic heterocycles. The Morgan fingerprint density at radius 2 is 1.83 bits per heavy atom. The van der Waals surface area contributed by atoms with Gasteiger partial charge in [0.25, 0.3) is 11.5 Å². The van der Waals surface area contributed by atoms with E-state index < -0.39 is 35.5 Å². The third kappa shape index (κ3) is 6.65. The maximum Gasteiger partial charge on any atom is 0.423 e. The molecule has 1 aromatic carbocycles. The fraction of sp³-hybridized carbons (Fsp3) is 0.500. The van der Waals surface area contributed by atoms with E-state index in [9.17, 15) is 28.0 Å². The summed E-state index contributed by atoms with van der Waals surface area (Å²) < 4.78 is 43.6. The second-order valence-electron chi connectivity index (χ2n) is 11.7. The summed E-state index contributed by atoms with van der Waals surface area (Å²) in [4.78, 5) is 58.0. The molecular weight excluding hydrogens is 602 g/mol. The normalized spacial score (nSPS) is 14.8. The number of ether oxygens (including phenoxy) is 2. The molecule has 1 atom stereocenters. The van der Waals surface area contributed by atoms with Crippen LogP contribution in [0.2, 0.25) is 0 Å². The quantitative estimate of drug-likeness (QED) is 0.169. The highest BCUT2D eigenvalue weighted by Gasteiger charge is 2.30. The lowest BCUT2D eigenvalue weighted by Crippen LogP contribution is -2.41. The molecule has 0 radical (unpaired) electrons. The molecule has 5 rings (SSSR count). The predicted octanol–water partition coefficient (Wildman–Crippen LogP) is 5.27. The van der Waals surface area contributed by atoms with E-state index in [0.29, 0.717) is 30.4 Å². The lowest BCUT2D eigenvalue weighted by atomic mass is 9.89. The van der Waals surface area contributed by atoms with Crippen LogP contribution in [0.3, 0.4) is 0 Å². The van der Waals surface area contributed by atoms with Gasteiger partial charge in [0, 0.05) is 38.7 Å². The standard InChI is InChI=1S/C32H38F2N6O6/c1-5-15-39-28(41)25-27(38(6-2)30(39)43)36-26(40(25)31(44)46-20(3)45-29(42)22-12-8-7-9-13-22)23-17-35-37(19-23)18-21-11-10-14-24(16-21)32(4,33)34/h10-11,14,16-17,19-20,22H,5-9,12-13,15,18H2,1-4H3. The summed E-state index contributed by atoms with van der Waals surface area (Å²) in [5, 5.41) is 4.33. The zero-order valence-corrected chi connectivity index (χ0v) is 26.4. The third-order valence-corrected chi connectivity index (χ3v) is 8.13. The third-order valence-electron chi connectivity index (χ3n) is 8.13. The van der Waals surface area contributed by atoms with Gasteiger partial charge in [0.15, 0.2) is 17.0 Å². The molecule has 1 saturated carbocycles. The molecule has 0 N–H and O–H groups in total. The second kappa shape index (κ2) is 13.4. The minimum absolute atomic E-state index is 0.0192. The van der Waals surface area contributed by atoms with Crippen molar-refractivity contribution in [1.82, 2.24) is 28.5 Å². The molecule has 4 aromatic rings. The second-order valence-corrected chi connectivity index (χ2v) is 11.7. The number of rotatable bonds is 10. The van der Waals surface area contributed by atoms with Gasteiger partial charge >= 0.3 is 17.8 Å². The van der Waals surface area contributed by atoms with Crippen LogP contribution in [0.1, 0.15) is 77.3 Å². The molecule has 0 amide bonds. The first kappa shape index (κ1) is 32.8. The summed E-state index contributed by atoms with van der Waals surface area (Å²) in [7, 11) is 0. The predicted molar refractivity (Wildman–Crippen MR) is 165 cm³/mol. The van der Waals surface area contributed by atoms with Crippen molar-refractivity contribution in [2.45, 2.75) is 98.1 Å². The monoisotopic (exact) mass is 640 g/mol. The van der Waals surface area contributed by atoms with Crippen LogP contribution in [0.5, 0.6) is 0 Å². The number of alkyl halides is 2. The number of imidazole rings is 1. The number of hydrogen-bond acceptors (Lipinski definition) is 8. The van der Waals surface area contributed by atoms with Crippen molar-refractivity contribution in [3.05, 3.63) is 68.6 Å². The van der Waals surface area contributed by atoms with Crippen molar-refractivity contribution in [2.75, 3.05) is 0 Å². The molecule has 0 aliphatic heterocycles. The molecule has 246 valence electrons. The summed E-state index contributed by atoms with van der Waals surface area (Å²) in [6, 6.07) is 5.96. The van der Waals surface area contributed by atoms with Gasteiger partial charge in [-0.05, 0) is 37.8 Å². The van der Waals surface area contributed by atoms with Crippen LogP contribution in [0.4, 0.5) is 13.6 Å². The molecule has 1 unspecified atom stereocenters. The lowest BCUT2D eigenvalue weighted by Gasteiger charge is -2.22.